The van der Waals surface area contributed by atoms with E-state index in [1.54, 1.807) is 14.2 Å². The van der Waals surface area contributed by atoms with E-state index in [0.29, 0.717) is 6.54 Å². The highest BCUT2D eigenvalue weighted by Gasteiger charge is 2.40. The molecule has 0 radical (unpaired) electrons. The second-order valence-corrected chi connectivity index (χ2v) is 5.79. The fourth-order valence-corrected chi connectivity index (χ4v) is 3.87. The zero-order chi connectivity index (χ0) is 13.3. The minimum absolute atomic E-state index is 0.114. The van der Waals surface area contributed by atoms with Gasteiger partial charge in [0.1, 0.15) is 0 Å². The van der Waals surface area contributed by atoms with Gasteiger partial charge < -0.3 is 15.2 Å². The first-order valence-electron chi connectivity index (χ1n) is 6.21. The molecule has 100 valence electrons. The first kappa shape index (κ1) is 13.7. The van der Waals surface area contributed by atoms with Crippen molar-refractivity contribution in [3.63, 3.8) is 0 Å². The Morgan fingerprint density at radius 1 is 1.33 bits per heavy atom. The van der Waals surface area contributed by atoms with Crippen molar-refractivity contribution in [3.8, 4) is 11.5 Å². The van der Waals surface area contributed by atoms with Gasteiger partial charge in [-0.05, 0) is 37.0 Å². The SMILES string of the molecule is COc1cc(Br)c(C2(CN)CCC2)c(C)c1OC. The molecule has 1 fully saturated rings. The van der Waals surface area contributed by atoms with Crippen LogP contribution in [0.4, 0.5) is 0 Å². The highest BCUT2D eigenvalue weighted by Crippen LogP contribution is 2.50. The molecule has 1 aromatic rings. The molecule has 1 aromatic carbocycles. The van der Waals surface area contributed by atoms with Gasteiger partial charge >= 0.3 is 0 Å². The van der Waals surface area contributed by atoms with Gasteiger partial charge in [0.15, 0.2) is 11.5 Å². The lowest BCUT2D eigenvalue weighted by Gasteiger charge is -2.43. The van der Waals surface area contributed by atoms with Crippen LogP contribution in [0.2, 0.25) is 0 Å². The summed E-state index contributed by atoms with van der Waals surface area (Å²) in [5.74, 6) is 1.58. The second kappa shape index (κ2) is 5.10. The van der Waals surface area contributed by atoms with Crippen LogP contribution in [-0.4, -0.2) is 20.8 Å². The Bertz CT molecular complexity index is 450. The molecule has 2 rings (SSSR count). The van der Waals surface area contributed by atoms with Gasteiger partial charge in [0, 0.05) is 16.4 Å². The van der Waals surface area contributed by atoms with Gasteiger partial charge in [0.25, 0.3) is 0 Å². The van der Waals surface area contributed by atoms with Crippen LogP contribution in [-0.2, 0) is 5.41 Å². The van der Waals surface area contributed by atoms with Crippen molar-refractivity contribution >= 4 is 15.9 Å². The monoisotopic (exact) mass is 313 g/mol. The number of hydrogen-bond donors (Lipinski definition) is 1. The van der Waals surface area contributed by atoms with E-state index in [0.717, 1.165) is 34.4 Å². The number of benzene rings is 1. The molecule has 0 saturated heterocycles. The van der Waals surface area contributed by atoms with Crippen LogP contribution in [0.25, 0.3) is 0 Å². The van der Waals surface area contributed by atoms with Crippen molar-refractivity contribution in [3.05, 3.63) is 21.7 Å². The number of halogens is 1. The van der Waals surface area contributed by atoms with Crippen molar-refractivity contribution in [2.75, 3.05) is 20.8 Å². The van der Waals surface area contributed by atoms with E-state index in [1.807, 2.05) is 6.07 Å². The number of rotatable bonds is 4. The van der Waals surface area contributed by atoms with Crippen LogP contribution in [0.15, 0.2) is 10.5 Å². The molecular weight excluding hydrogens is 294 g/mol. The van der Waals surface area contributed by atoms with E-state index in [4.69, 9.17) is 15.2 Å². The topological polar surface area (TPSA) is 44.5 Å². The van der Waals surface area contributed by atoms with Gasteiger partial charge in [0.05, 0.1) is 14.2 Å². The van der Waals surface area contributed by atoms with Crippen molar-refractivity contribution in [2.45, 2.75) is 31.6 Å². The lowest BCUT2D eigenvalue weighted by molar-refractivity contribution is 0.248. The van der Waals surface area contributed by atoms with E-state index < -0.39 is 0 Å². The molecule has 0 heterocycles. The summed E-state index contributed by atoms with van der Waals surface area (Å²) in [5.41, 5.74) is 8.54. The van der Waals surface area contributed by atoms with Gasteiger partial charge in [-0.3, -0.25) is 0 Å². The Morgan fingerprint density at radius 3 is 2.39 bits per heavy atom. The number of nitrogens with two attached hydrogens (primary N) is 1. The van der Waals surface area contributed by atoms with Crippen molar-refractivity contribution < 1.29 is 9.47 Å². The minimum Gasteiger partial charge on any atom is -0.493 e. The zero-order valence-electron chi connectivity index (χ0n) is 11.2. The van der Waals surface area contributed by atoms with Gasteiger partial charge in [-0.2, -0.15) is 0 Å². The fourth-order valence-electron chi connectivity index (χ4n) is 2.95. The molecule has 0 spiro atoms. The maximum Gasteiger partial charge on any atom is 0.163 e. The molecule has 2 N–H and O–H groups in total. The minimum atomic E-state index is 0.114. The van der Waals surface area contributed by atoms with Crippen molar-refractivity contribution in [2.24, 2.45) is 5.73 Å². The van der Waals surface area contributed by atoms with Crippen LogP contribution >= 0.6 is 15.9 Å². The molecule has 0 amide bonds. The third kappa shape index (κ3) is 1.91. The van der Waals surface area contributed by atoms with Crippen LogP contribution in [0.5, 0.6) is 11.5 Å². The molecule has 4 heteroatoms. The van der Waals surface area contributed by atoms with E-state index >= 15 is 0 Å². The summed E-state index contributed by atoms with van der Waals surface area (Å²) in [6.07, 6.45) is 3.55. The van der Waals surface area contributed by atoms with Gasteiger partial charge in [-0.1, -0.05) is 22.4 Å². The predicted octanol–water partition coefficient (Wildman–Crippen LogP) is 3.16. The summed E-state index contributed by atoms with van der Waals surface area (Å²) in [5, 5.41) is 0. The first-order valence-corrected chi connectivity index (χ1v) is 7.00. The maximum atomic E-state index is 6.01. The molecule has 0 bridgehead atoms. The fraction of sp³-hybridized carbons (Fsp3) is 0.571. The van der Waals surface area contributed by atoms with Crippen LogP contribution < -0.4 is 15.2 Å². The van der Waals surface area contributed by atoms with Crippen LogP contribution in [0, 0.1) is 6.92 Å². The predicted molar refractivity (Wildman–Crippen MR) is 76.6 cm³/mol. The average molecular weight is 314 g/mol. The largest absolute Gasteiger partial charge is 0.493 e. The number of ether oxygens (including phenoxy) is 2. The Kier molecular flexibility index (Phi) is 3.87. The van der Waals surface area contributed by atoms with E-state index in [1.165, 1.54) is 12.0 Å². The quantitative estimate of drug-likeness (QED) is 0.928. The van der Waals surface area contributed by atoms with Gasteiger partial charge in [-0.25, -0.2) is 0 Å². The molecule has 0 aliphatic heterocycles. The molecule has 0 atom stereocenters. The normalized spacial score (nSPS) is 17.2. The molecule has 1 aliphatic carbocycles. The third-order valence-corrected chi connectivity index (χ3v) is 4.72. The molecule has 0 unspecified atom stereocenters. The zero-order valence-corrected chi connectivity index (χ0v) is 12.8. The van der Waals surface area contributed by atoms with Crippen molar-refractivity contribution in [1.82, 2.24) is 0 Å². The lowest BCUT2D eigenvalue weighted by atomic mass is 9.63. The van der Waals surface area contributed by atoms with E-state index in [-0.39, 0.29) is 5.41 Å². The highest BCUT2D eigenvalue weighted by molar-refractivity contribution is 9.10. The Hall–Kier alpha value is -0.740. The van der Waals surface area contributed by atoms with Crippen LogP contribution in [0.1, 0.15) is 30.4 Å². The summed E-state index contributed by atoms with van der Waals surface area (Å²) in [4.78, 5) is 0. The first-order chi connectivity index (χ1) is 8.59. The average Bonchev–Trinajstić information content (AvgIpc) is 2.31. The van der Waals surface area contributed by atoms with E-state index in [9.17, 15) is 0 Å². The van der Waals surface area contributed by atoms with E-state index in [2.05, 4.69) is 22.9 Å². The maximum absolute atomic E-state index is 6.01. The van der Waals surface area contributed by atoms with Gasteiger partial charge in [0.2, 0.25) is 0 Å². The molecule has 18 heavy (non-hydrogen) atoms. The lowest BCUT2D eigenvalue weighted by Crippen LogP contribution is -2.42. The Morgan fingerprint density at radius 2 is 2.00 bits per heavy atom. The Labute approximate surface area is 117 Å². The molecular formula is C14H20BrNO2. The summed E-state index contributed by atoms with van der Waals surface area (Å²) in [6, 6.07) is 1.98. The number of methoxy groups -OCH3 is 2. The second-order valence-electron chi connectivity index (χ2n) is 4.93. The summed E-state index contributed by atoms with van der Waals surface area (Å²) in [7, 11) is 3.34. The van der Waals surface area contributed by atoms with Crippen molar-refractivity contribution in [1.29, 1.82) is 0 Å². The standard InChI is InChI=1S/C14H20BrNO2/c1-9-12(14(8-16)5-4-6-14)10(15)7-11(17-2)13(9)18-3/h7H,4-6,8,16H2,1-3H3. The number of hydrogen-bond acceptors (Lipinski definition) is 3. The van der Waals surface area contributed by atoms with Gasteiger partial charge in [-0.15, -0.1) is 0 Å². The smallest absolute Gasteiger partial charge is 0.163 e. The summed E-state index contributed by atoms with van der Waals surface area (Å²) >= 11 is 3.66. The third-order valence-electron chi connectivity index (χ3n) is 4.09. The Balaban J connectivity index is 2.61. The molecule has 0 aromatic heterocycles. The molecule has 1 saturated carbocycles. The van der Waals surface area contributed by atoms with Crippen LogP contribution in [0.3, 0.4) is 0 Å². The summed E-state index contributed by atoms with van der Waals surface area (Å²) in [6.45, 7) is 2.76. The summed E-state index contributed by atoms with van der Waals surface area (Å²) < 4.78 is 11.9. The highest BCUT2D eigenvalue weighted by atomic mass is 79.9. The molecule has 1 aliphatic rings. The molecule has 3 nitrogen and oxygen atoms in total.